The minimum Gasteiger partial charge on any atom is -0.505 e. The van der Waals surface area contributed by atoms with E-state index < -0.39 is 17.6 Å². The number of nitrogens with zero attached hydrogens (tertiary/aromatic N) is 1. The lowest BCUT2D eigenvalue weighted by molar-refractivity contribution is 0.102. The molecule has 0 aliphatic rings. The van der Waals surface area contributed by atoms with Gasteiger partial charge in [-0.1, -0.05) is 88.9 Å². The number of rotatable bonds is 4. The zero-order valence-electron chi connectivity index (χ0n) is 16.7. The summed E-state index contributed by atoms with van der Waals surface area (Å²) < 4.78 is 0. The fourth-order valence-electron chi connectivity index (χ4n) is 3.51. The molecule has 4 aromatic rings. The van der Waals surface area contributed by atoms with E-state index in [9.17, 15) is 15.2 Å². The summed E-state index contributed by atoms with van der Waals surface area (Å²) in [5.74, 6) is -1.72. The summed E-state index contributed by atoms with van der Waals surface area (Å²) in [6, 6.07) is 22.1. The van der Waals surface area contributed by atoms with Gasteiger partial charge < -0.3 is 10.4 Å². The molecule has 0 fully saturated rings. The fourth-order valence-corrected chi connectivity index (χ4v) is 4.40. The van der Waals surface area contributed by atoms with Gasteiger partial charge in [-0.15, -0.1) is 0 Å². The van der Waals surface area contributed by atoms with Crippen molar-refractivity contribution in [2.24, 2.45) is 0 Å². The zero-order chi connectivity index (χ0) is 23.7. The number of phenols is 1. The van der Waals surface area contributed by atoms with E-state index in [1.54, 1.807) is 12.1 Å². The Morgan fingerprint density at radius 3 is 2.30 bits per heavy atom. The number of hydrogen-bond donors (Lipinski definition) is 2. The van der Waals surface area contributed by atoms with Gasteiger partial charge in [0.2, 0.25) is 0 Å². The molecule has 0 spiro atoms. The third-order valence-electron chi connectivity index (χ3n) is 5.19. The second-order valence-electron chi connectivity index (χ2n) is 7.24. The van der Waals surface area contributed by atoms with E-state index in [4.69, 9.17) is 46.4 Å². The number of carbonyl (C=O) groups is 1. The van der Waals surface area contributed by atoms with E-state index in [0.717, 1.165) is 16.3 Å². The first kappa shape index (κ1) is 23.2. The SMILES string of the molecule is N#CC(c1ccc2ccccc2c1)c1ccc(NC(=O)c2cc(Cl)c(Cl)c(Cl)c2O)cc1Cl. The molecule has 1 unspecified atom stereocenters. The summed E-state index contributed by atoms with van der Waals surface area (Å²) in [4.78, 5) is 12.7. The normalized spacial score (nSPS) is 11.7. The van der Waals surface area contributed by atoms with Crippen molar-refractivity contribution >= 4 is 68.8 Å². The van der Waals surface area contributed by atoms with Gasteiger partial charge in [0.1, 0.15) is 10.8 Å². The van der Waals surface area contributed by atoms with Crippen LogP contribution in [-0.4, -0.2) is 11.0 Å². The van der Waals surface area contributed by atoms with Crippen molar-refractivity contribution in [3.05, 3.63) is 104 Å². The Morgan fingerprint density at radius 1 is 0.879 bits per heavy atom. The van der Waals surface area contributed by atoms with Crippen LogP contribution >= 0.6 is 46.4 Å². The molecule has 0 saturated carbocycles. The topological polar surface area (TPSA) is 73.1 Å². The second kappa shape index (κ2) is 9.51. The molecule has 0 radical (unpaired) electrons. The maximum absolute atomic E-state index is 12.7. The Hall–Kier alpha value is -2.94. The van der Waals surface area contributed by atoms with Crippen LogP contribution < -0.4 is 5.32 Å². The highest BCUT2D eigenvalue weighted by Crippen LogP contribution is 2.40. The average molecular weight is 516 g/mol. The van der Waals surface area contributed by atoms with Crippen LogP contribution in [0.25, 0.3) is 10.8 Å². The van der Waals surface area contributed by atoms with Gasteiger partial charge in [0.25, 0.3) is 5.91 Å². The highest BCUT2D eigenvalue weighted by molar-refractivity contribution is 6.49. The van der Waals surface area contributed by atoms with Crippen LogP contribution in [0.2, 0.25) is 20.1 Å². The summed E-state index contributed by atoms with van der Waals surface area (Å²) in [7, 11) is 0. The first-order valence-electron chi connectivity index (χ1n) is 9.65. The Kier molecular flexibility index (Phi) is 6.69. The Balaban J connectivity index is 1.62. The van der Waals surface area contributed by atoms with Crippen LogP contribution in [0.1, 0.15) is 27.4 Å². The van der Waals surface area contributed by atoms with Crippen molar-refractivity contribution in [2.75, 3.05) is 5.32 Å². The predicted octanol–water partition coefficient (Wildman–Crippen LogP) is 8.07. The van der Waals surface area contributed by atoms with Crippen molar-refractivity contribution < 1.29 is 9.90 Å². The number of aromatic hydroxyl groups is 1. The van der Waals surface area contributed by atoms with E-state index in [1.165, 1.54) is 12.1 Å². The third kappa shape index (κ3) is 4.59. The number of anilines is 1. The number of benzene rings is 4. The summed E-state index contributed by atoms with van der Waals surface area (Å²) in [5.41, 5.74) is 1.64. The smallest absolute Gasteiger partial charge is 0.259 e. The van der Waals surface area contributed by atoms with Crippen LogP contribution in [0.15, 0.2) is 66.7 Å². The van der Waals surface area contributed by atoms with Gasteiger partial charge in [-0.2, -0.15) is 5.26 Å². The van der Waals surface area contributed by atoms with Crippen LogP contribution in [-0.2, 0) is 0 Å². The number of halogens is 4. The molecule has 0 bridgehead atoms. The summed E-state index contributed by atoms with van der Waals surface area (Å²) >= 11 is 24.3. The van der Waals surface area contributed by atoms with E-state index in [2.05, 4.69) is 11.4 Å². The van der Waals surface area contributed by atoms with Gasteiger partial charge >= 0.3 is 0 Å². The molecule has 4 rings (SSSR count). The van der Waals surface area contributed by atoms with Gasteiger partial charge in [-0.25, -0.2) is 0 Å². The molecule has 1 atom stereocenters. The largest absolute Gasteiger partial charge is 0.505 e. The van der Waals surface area contributed by atoms with Crippen molar-refractivity contribution in [1.82, 2.24) is 0 Å². The van der Waals surface area contributed by atoms with Gasteiger partial charge in [0.05, 0.1) is 27.6 Å². The molecule has 164 valence electrons. The molecule has 1 amide bonds. The Bertz CT molecular complexity index is 1450. The summed E-state index contributed by atoms with van der Waals surface area (Å²) in [5, 5.41) is 24.8. The summed E-state index contributed by atoms with van der Waals surface area (Å²) in [6.07, 6.45) is 0. The van der Waals surface area contributed by atoms with Gasteiger partial charge in [-0.05, 0) is 46.2 Å². The average Bonchev–Trinajstić information content (AvgIpc) is 2.81. The van der Waals surface area contributed by atoms with Crippen LogP contribution in [0.3, 0.4) is 0 Å². The molecule has 4 nitrogen and oxygen atoms in total. The van der Waals surface area contributed by atoms with Gasteiger partial charge in [0, 0.05) is 10.7 Å². The quantitative estimate of drug-likeness (QED) is 0.270. The van der Waals surface area contributed by atoms with Crippen molar-refractivity contribution in [2.45, 2.75) is 5.92 Å². The van der Waals surface area contributed by atoms with E-state index in [0.29, 0.717) is 16.3 Å². The molecular formula is C25H14Cl4N2O2. The van der Waals surface area contributed by atoms with Crippen LogP contribution in [0, 0.1) is 11.3 Å². The molecular weight excluding hydrogens is 502 g/mol. The Morgan fingerprint density at radius 2 is 1.61 bits per heavy atom. The molecule has 33 heavy (non-hydrogen) atoms. The van der Waals surface area contributed by atoms with Crippen LogP contribution in [0.5, 0.6) is 5.75 Å². The lowest BCUT2D eigenvalue weighted by atomic mass is 9.91. The van der Waals surface area contributed by atoms with E-state index >= 15 is 0 Å². The van der Waals surface area contributed by atoms with Gasteiger partial charge in [0.15, 0.2) is 0 Å². The monoisotopic (exact) mass is 514 g/mol. The molecule has 0 saturated heterocycles. The molecule has 0 aromatic heterocycles. The van der Waals surface area contributed by atoms with Crippen LogP contribution in [0.4, 0.5) is 5.69 Å². The number of nitriles is 1. The van der Waals surface area contributed by atoms with E-state index in [1.807, 2.05) is 42.5 Å². The first-order valence-corrected chi connectivity index (χ1v) is 11.2. The third-order valence-corrected chi connectivity index (χ3v) is 6.77. The van der Waals surface area contributed by atoms with Crippen molar-refractivity contribution in [1.29, 1.82) is 5.26 Å². The molecule has 0 heterocycles. The highest BCUT2D eigenvalue weighted by Gasteiger charge is 2.21. The highest BCUT2D eigenvalue weighted by atomic mass is 35.5. The molecule has 4 aromatic carbocycles. The lowest BCUT2D eigenvalue weighted by Crippen LogP contribution is -2.12. The second-order valence-corrected chi connectivity index (χ2v) is 8.81. The maximum atomic E-state index is 12.7. The molecule has 2 N–H and O–H groups in total. The standard InChI is InChI=1S/C25H14Cl4N2O2/c26-20-10-16(31-25(33)18-11-21(27)22(28)23(29)24(18)32)7-8-17(20)19(12-30)15-6-5-13-3-1-2-4-14(13)9-15/h1-11,19,32H,(H,31,33). The van der Waals surface area contributed by atoms with Crippen molar-refractivity contribution in [3.63, 3.8) is 0 Å². The summed E-state index contributed by atoms with van der Waals surface area (Å²) in [6.45, 7) is 0. The van der Waals surface area contributed by atoms with Crippen molar-refractivity contribution in [3.8, 4) is 11.8 Å². The van der Waals surface area contributed by atoms with E-state index in [-0.39, 0.29) is 20.6 Å². The minimum absolute atomic E-state index is 0.0326. The molecule has 8 heteroatoms. The molecule has 0 aliphatic heterocycles. The maximum Gasteiger partial charge on any atom is 0.259 e. The Labute approximate surface area is 209 Å². The number of fused-ring (bicyclic) bond motifs is 1. The predicted molar refractivity (Wildman–Crippen MR) is 134 cm³/mol. The zero-order valence-corrected chi connectivity index (χ0v) is 19.8. The first-order chi connectivity index (χ1) is 15.8. The lowest BCUT2D eigenvalue weighted by Gasteiger charge is -2.15. The number of carbonyl (C=O) groups excluding carboxylic acids is 1. The molecule has 0 aliphatic carbocycles. The fraction of sp³-hybridized carbons (Fsp3) is 0.0400. The minimum atomic E-state index is -0.650. The van der Waals surface area contributed by atoms with Gasteiger partial charge in [-0.3, -0.25) is 4.79 Å². The number of nitrogens with one attached hydrogen (secondary N) is 1. The number of phenolic OH excluding ortho intramolecular Hbond substituents is 1. The number of amides is 1. The number of hydrogen-bond acceptors (Lipinski definition) is 3.